The predicted molar refractivity (Wildman–Crippen MR) is 119 cm³/mol. The quantitative estimate of drug-likeness (QED) is 0.491. The Hall–Kier alpha value is -4.04. The lowest BCUT2D eigenvalue weighted by molar-refractivity contribution is -0.0665. The smallest absolute Gasteiger partial charge is 0.225 e. The highest BCUT2D eigenvalue weighted by Crippen LogP contribution is 2.67. The second kappa shape index (κ2) is 6.73. The van der Waals surface area contributed by atoms with Crippen LogP contribution in [0.5, 0.6) is 0 Å². The predicted octanol–water partition coefficient (Wildman–Crippen LogP) is 3.61. The van der Waals surface area contributed by atoms with E-state index in [9.17, 15) is 10.1 Å². The summed E-state index contributed by atoms with van der Waals surface area (Å²) >= 11 is 0. The van der Waals surface area contributed by atoms with Crippen LogP contribution in [0.4, 0.5) is 5.95 Å². The molecule has 3 aromatic rings. The average molecular weight is 423 g/mol. The van der Waals surface area contributed by atoms with Gasteiger partial charge < -0.3 is 5.32 Å². The summed E-state index contributed by atoms with van der Waals surface area (Å²) in [5.41, 5.74) is 3.49. The molecule has 0 aliphatic heterocycles. The van der Waals surface area contributed by atoms with Gasteiger partial charge in [0, 0.05) is 30.4 Å². The molecule has 2 bridgehead atoms. The number of ketones is 1. The van der Waals surface area contributed by atoms with E-state index in [1.807, 2.05) is 32.0 Å². The van der Waals surface area contributed by atoms with Gasteiger partial charge in [0.1, 0.15) is 5.69 Å². The van der Waals surface area contributed by atoms with Gasteiger partial charge in [-0.05, 0) is 55.9 Å². The molecule has 1 aromatic carbocycles. The molecule has 2 heterocycles. The van der Waals surface area contributed by atoms with Crippen LogP contribution in [0.2, 0.25) is 0 Å². The number of benzene rings is 1. The average Bonchev–Trinajstić information content (AvgIpc) is 3.06. The number of anilines is 1. The normalized spacial score (nSPS) is 23.3. The Kier molecular flexibility index (Phi) is 4.18. The van der Waals surface area contributed by atoms with E-state index in [1.165, 1.54) is 6.08 Å². The third kappa shape index (κ3) is 2.96. The fourth-order valence-electron chi connectivity index (χ4n) is 5.23. The summed E-state index contributed by atoms with van der Waals surface area (Å²) in [6.07, 6.45) is 7.22. The summed E-state index contributed by atoms with van der Waals surface area (Å²) in [4.78, 5) is 22.8. The summed E-state index contributed by atoms with van der Waals surface area (Å²) in [7, 11) is 1.79. The largest absolute Gasteiger partial charge is 0.349 e. The number of allylic oxidation sites excluding steroid dienone is 1. The van der Waals surface area contributed by atoms with Crippen molar-refractivity contribution in [3.05, 3.63) is 52.4 Å². The molecule has 0 atom stereocenters. The van der Waals surface area contributed by atoms with E-state index < -0.39 is 0 Å². The van der Waals surface area contributed by atoms with Gasteiger partial charge in [-0.2, -0.15) is 20.6 Å². The molecular weight excluding hydrogens is 402 g/mol. The lowest BCUT2D eigenvalue weighted by atomic mass is 9.40. The number of fused-ring (bicyclic) bond motifs is 1. The van der Waals surface area contributed by atoms with Gasteiger partial charge in [0.15, 0.2) is 5.65 Å². The maximum atomic E-state index is 13.7. The van der Waals surface area contributed by atoms with Crippen LogP contribution in [0.1, 0.15) is 52.0 Å². The van der Waals surface area contributed by atoms with Gasteiger partial charge in [0.25, 0.3) is 0 Å². The van der Waals surface area contributed by atoms with E-state index in [2.05, 4.69) is 26.5 Å². The number of carbonyl (C=O) groups excluding carboxylic acids is 1. The van der Waals surface area contributed by atoms with Crippen molar-refractivity contribution in [3.63, 3.8) is 0 Å². The van der Waals surface area contributed by atoms with Crippen molar-refractivity contribution in [2.45, 2.75) is 38.6 Å². The van der Waals surface area contributed by atoms with Crippen molar-refractivity contribution in [1.29, 1.82) is 10.5 Å². The molecular formula is C24H21N7O. The Bertz CT molecular complexity index is 1370. The fourth-order valence-corrected chi connectivity index (χ4v) is 5.23. The minimum atomic E-state index is -0.198. The Morgan fingerprint density at radius 2 is 1.88 bits per heavy atom. The Morgan fingerprint density at radius 3 is 2.50 bits per heavy atom. The maximum absolute atomic E-state index is 13.7. The highest BCUT2D eigenvalue weighted by atomic mass is 16.1. The second-order valence-electron chi connectivity index (χ2n) is 9.08. The monoisotopic (exact) mass is 423 g/mol. The van der Waals surface area contributed by atoms with Gasteiger partial charge >= 0.3 is 0 Å². The maximum Gasteiger partial charge on any atom is 0.225 e. The number of hydrogen-bond donors (Lipinski definition) is 1. The highest BCUT2D eigenvalue weighted by Gasteiger charge is 2.69. The van der Waals surface area contributed by atoms with Gasteiger partial charge in [0.2, 0.25) is 11.7 Å². The van der Waals surface area contributed by atoms with E-state index in [4.69, 9.17) is 5.26 Å². The van der Waals surface area contributed by atoms with Gasteiger partial charge in [-0.1, -0.05) is 12.1 Å². The zero-order chi connectivity index (χ0) is 22.7. The Labute approximate surface area is 185 Å². The van der Waals surface area contributed by atoms with Gasteiger partial charge in [-0.15, -0.1) is 0 Å². The van der Waals surface area contributed by atoms with Gasteiger partial charge in [-0.3, -0.25) is 9.48 Å². The number of nitrogens with zero attached hydrogens (tertiary/aromatic N) is 6. The summed E-state index contributed by atoms with van der Waals surface area (Å²) in [5.74, 6) is 0.181. The zero-order valence-electron chi connectivity index (χ0n) is 18.1. The minimum Gasteiger partial charge on any atom is -0.349 e. The molecule has 158 valence electrons. The van der Waals surface area contributed by atoms with E-state index in [1.54, 1.807) is 24.0 Å². The molecule has 3 aliphatic carbocycles. The van der Waals surface area contributed by atoms with Crippen LogP contribution in [-0.2, 0) is 7.05 Å². The van der Waals surface area contributed by atoms with Gasteiger partial charge in [-0.25, -0.2) is 4.98 Å². The number of rotatable bonds is 5. The summed E-state index contributed by atoms with van der Waals surface area (Å²) < 4.78 is 1.63. The molecule has 3 aliphatic rings. The van der Waals surface area contributed by atoms with Crippen LogP contribution < -0.4 is 5.32 Å². The Balaban J connectivity index is 1.55. The van der Waals surface area contributed by atoms with Crippen LogP contribution in [-0.4, -0.2) is 31.1 Å². The van der Waals surface area contributed by atoms with Crippen molar-refractivity contribution < 1.29 is 4.79 Å². The van der Waals surface area contributed by atoms with Crippen LogP contribution in [0, 0.1) is 41.9 Å². The van der Waals surface area contributed by atoms with E-state index in [-0.39, 0.29) is 16.7 Å². The summed E-state index contributed by atoms with van der Waals surface area (Å²) in [5, 5.41) is 26.4. The SMILES string of the molecule is Cc1cc(/C=C/C#N)cc(C)c1C(=O)c1nc(NC23CC(C#N)(C2)C3)nc2nn(C)cc12. The molecule has 0 unspecified atom stereocenters. The Morgan fingerprint density at radius 1 is 1.19 bits per heavy atom. The molecule has 0 radical (unpaired) electrons. The van der Waals surface area contributed by atoms with E-state index in [0.717, 1.165) is 36.0 Å². The molecule has 3 saturated carbocycles. The number of hydrogen-bond acceptors (Lipinski definition) is 7. The number of aryl methyl sites for hydroxylation is 3. The molecule has 6 rings (SSSR count). The van der Waals surface area contributed by atoms with Gasteiger partial charge in [0.05, 0.1) is 22.9 Å². The van der Waals surface area contributed by atoms with Crippen LogP contribution in [0.15, 0.2) is 24.4 Å². The first-order valence-electron chi connectivity index (χ1n) is 10.4. The summed E-state index contributed by atoms with van der Waals surface area (Å²) in [6.45, 7) is 3.77. The van der Waals surface area contributed by atoms with Crippen molar-refractivity contribution >= 4 is 28.8 Å². The fraction of sp³-hybridized carbons (Fsp3) is 0.333. The molecule has 0 saturated heterocycles. The lowest BCUT2D eigenvalue weighted by Gasteiger charge is -2.66. The first-order valence-corrected chi connectivity index (χ1v) is 10.4. The number of carbonyl (C=O) groups is 1. The van der Waals surface area contributed by atoms with Crippen LogP contribution in [0.3, 0.4) is 0 Å². The first-order chi connectivity index (χ1) is 15.3. The summed E-state index contributed by atoms with van der Waals surface area (Å²) in [6, 6.07) is 8.15. The van der Waals surface area contributed by atoms with E-state index >= 15 is 0 Å². The van der Waals surface area contributed by atoms with Crippen molar-refractivity contribution in [2.75, 3.05) is 5.32 Å². The molecule has 3 fully saturated rings. The number of nitrogens with one attached hydrogen (secondary N) is 1. The molecule has 8 heteroatoms. The van der Waals surface area contributed by atoms with Crippen LogP contribution in [0.25, 0.3) is 17.1 Å². The van der Waals surface area contributed by atoms with Crippen molar-refractivity contribution in [1.82, 2.24) is 19.7 Å². The third-order valence-corrected chi connectivity index (χ3v) is 6.49. The topological polar surface area (TPSA) is 120 Å². The standard InChI is InChI=1S/C24H21N7O/c1-14-7-16(5-4-6-25)8-15(2)18(14)20(32)19-17-9-31(3)30-21(17)28-22(27-19)29-24-10-23(11-24,12-24)13-26/h4-5,7-9H,10-12H2,1-3H3,(H,28,29,30)/b5-4+. The molecule has 32 heavy (non-hydrogen) atoms. The minimum absolute atomic E-state index is 0.154. The molecule has 0 amide bonds. The van der Waals surface area contributed by atoms with Crippen molar-refractivity contribution in [2.24, 2.45) is 12.5 Å². The zero-order valence-corrected chi connectivity index (χ0v) is 18.1. The molecule has 0 spiro atoms. The third-order valence-electron chi connectivity index (χ3n) is 6.49. The first kappa shape index (κ1) is 19.9. The van der Waals surface area contributed by atoms with Crippen LogP contribution >= 0.6 is 0 Å². The molecule has 8 nitrogen and oxygen atoms in total. The van der Waals surface area contributed by atoms with Crippen molar-refractivity contribution in [3.8, 4) is 12.1 Å². The van der Waals surface area contributed by atoms with E-state index in [0.29, 0.717) is 28.2 Å². The highest BCUT2D eigenvalue weighted by molar-refractivity contribution is 6.15. The lowest BCUT2D eigenvalue weighted by Crippen LogP contribution is -2.70. The molecule has 1 N–H and O–H groups in total. The number of aromatic nitrogens is 4. The number of nitriles is 2. The second-order valence-corrected chi connectivity index (χ2v) is 9.08. The molecule has 2 aromatic heterocycles.